The first-order valence-electron chi connectivity index (χ1n) is 8.19. The van der Waals surface area contributed by atoms with E-state index in [1.54, 1.807) is 0 Å². The lowest BCUT2D eigenvalue weighted by Gasteiger charge is -2.03. The molecule has 23 heavy (non-hydrogen) atoms. The Morgan fingerprint density at radius 1 is 0.913 bits per heavy atom. The van der Waals surface area contributed by atoms with Crippen LogP contribution in [0.15, 0.2) is 42.5 Å². The highest BCUT2D eigenvalue weighted by Gasteiger charge is 2.03. The van der Waals surface area contributed by atoms with Gasteiger partial charge in [0.15, 0.2) is 5.78 Å². The van der Waals surface area contributed by atoms with Crippen molar-refractivity contribution < 1.29 is 4.79 Å². The van der Waals surface area contributed by atoms with Crippen molar-refractivity contribution in [3.63, 3.8) is 0 Å². The van der Waals surface area contributed by atoms with Gasteiger partial charge in [-0.3, -0.25) is 4.79 Å². The molecule has 0 N–H and O–H groups in total. The molecule has 0 unspecified atom stereocenters. The molecule has 1 heteroatoms. The molecule has 0 atom stereocenters. The second-order valence-electron chi connectivity index (χ2n) is 5.94. The molecule has 0 bridgehead atoms. The summed E-state index contributed by atoms with van der Waals surface area (Å²) in [5.74, 6) is 0.208. The van der Waals surface area contributed by atoms with Crippen LogP contribution in [0.2, 0.25) is 0 Å². The fourth-order valence-electron chi connectivity index (χ4n) is 2.31. The third-order valence-corrected chi connectivity index (χ3v) is 3.92. The van der Waals surface area contributed by atoms with Crippen molar-refractivity contribution in [2.45, 2.75) is 48.0 Å². The molecule has 2 rings (SSSR count). The minimum atomic E-state index is 0.208. The van der Waals surface area contributed by atoms with Gasteiger partial charge in [0, 0.05) is 12.0 Å². The smallest absolute Gasteiger partial charge is 0.162 e. The summed E-state index contributed by atoms with van der Waals surface area (Å²) < 4.78 is 0. The minimum Gasteiger partial charge on any atom is -0.294 e. The zero-order chi connectivity index (χ0) is 17.4. The van der Waals surface area contributed by atoms with E-state index in [9.17, 15) is 4.79 Å². The molecule has 0 saturated heterocycles. The molecular formula is C22H28O. The number of hydrogen-bond acceptors (Lipinski definition) is 1. The molecule has 0 fully saturated rings. The normalized spacial score (nSPS) is 10.3. The van der Waals surface area contributed by atoms with Gasteiger partial charge in [-0.2, -0.15) is 0 Å². The third-order valence-electron chi connectivity index (χ3n) is 3.92. The van der Waals surface area contributed by atoms with Gasteiger partial charge < -0.3 is 0 Å². The summed E-state index contributed by atoms with van der Waals surface area (Å²) in [7, 11) is 0. The third kappa shape index (κ3) is 5.86. The van der Waals surface area contributed by atoms with E-state index in [4.69, 9.17) is 0 Å². The van der Waals surface area contributed by atoms with E-state index in [0.717, 1.165) is 11.1 Å². The quantitative estimate of drug-likeness (QED) is 0.614. The van der Waals surface area contributed by atoms with Crippen molar-refractivity contribution in [2.24, 2.45) is 0 Å². The van der Waals surface area contributed by atoms with Crippen LogP contribution in [-0.2, 0) is 0 Å². The van der Waals surface area contributed by atoms with Crippen LogP contribution in [0, 0.1) is 27.7 Å². The van der Waals surface area contributed by atoms with Crippen LogP contribution < -0.4 is 0 Å². The van der Waals surface area contributed by atoms with E-state index >= 15 is 0 Å². The Morgan fingerprint density at radius 2 is 1.61 bits per heavy atom. The number of aryl methyl sites for hydroxylation is 4. The van der Waals surface area contributed by atoms with E-state index in [-0.39, 0.29) is 5.78 Å². The molecule has 0 spiro atoms. The number of Topliss-reactive ketones (excluding diaryl/α,β-unsaturated/α-hetero) is 1. The monoisotopic (exact) mass is 308 g/mol. The molecule has 0 aliphatic rings. The van der Waals surface area contributed by atoms with Crippen molar-refractivity contribution in [3.8, 4) is 0 Å². The van der Waals surface area contributed by atoms with E-state index < -0.39 is 0 Å². The molecule has 0 aliphatic heterocycles. The zero-order valence-electron chi connectivity index (χ0n) is 15.2. The summed E-state index contributed by atoms with van der Waals surface area (Å²) >= 11 is 0. The van der Waals surface area contributed by atoms with Gasteiger partial charge in [-0.15, -0.1) is 0 Å². The molecule has 0 saturated carbocycles. The van der Waals surface area contributed by atoms with E-state index in [2.05, 4.69) is 45.0 Å². The van der Waals surface area contributed by atoms with Crippen LogP contribution in [0.25, 0.3) is 6.08 Å². The van der Waals surface area contributed by atoms with Gasteiger partial charge in [0.2, 0.25) is 0 Å². The fraction of sp³-hybridized carbons (Fsp3) is 0.318. The van der Waals surface area contributed by atoms with Crippen LogP contribution in [-0.4, -0.2) is 5.78 Å². The first-order chi connectivity index (χ1) is 10.9. The minimum absolute atomic E-state index is 0.208. The van der Waals surface area contributed by atoms with Gasteiger partial charge in [0.05, 0.1) is 0 Å². The first-order valence-corrected chi connectivity index (χ1v) is 8.19. The molecular weight excluding hydrogens is 280 g/mol. The highest BCUT2D eigenvalue weighted by molar-refractivity contribution is 5.96. The summed E-state index contributed by atoms with van der Waals surface area (Å²) in [5, 5.41) is 0. The van der Waals surface area contributed by atoms with Gasteiger partial charge in [0.1, 0.15) is 0 Å². The van der Waals surface area contributed by atoms with Gasteiger partial charge in [-0.25, -0.2) is 0 Å². The van der Waals surface area contributed by atoms with Crippen molar-refractivity contribution in [1.82, 2.24) is 0 Å². The Balaban J connectivity index is 0.000000253. The number of ketones is 1. The Kier molecular flexibility index (Phi) is 7.47. The Bertz CT molecular complexity index is 693. The summed E-state index contributed by atoms with van der Waals surface area (Å²) in [6, 6.07) is 12.4. The molecule has 0 radical (unpaired) electrons. The number of rotatable bonds is 3. The van der Waals surface area contributed by atoms with E-state index in [1.165, 1.54) is 22.3 Å². The second-order valence-corrected chi connectivity index (χ2v) is 5.94. The maximum Gasteiger partial charge on any atom is 0.162 e. The largest absolute Gasteiger partial charge is 0.294 e. The molecule has 0 aliphatic carbocycles. The van der Waals surface area contributed by atoms with Crippen molar-refractivity contribution in [3.05, 3.63) is 75.9 Å². The molecule has 1 nitrogen and oxygen atoms in total. The average Bonchev–Trinajstić information content (AvgIpc) is 2.53. The predicted molar refractivity (Wildman–Crippen MR) is 101 cm³/mol. The highest BCUT2D eigenvalue weighted by atomic mass is 16.1. The SMILES string of the molecule is C/C=C\c1ccc(C(=O)CC)cc1C.Cc1ccc(C)c(C)c1. The number of carbonyl (C=O) groups is 1. The molecule has 2 aromatic rings. The fourth-order valence-corrected chi connectivity index (χ4v) is 2.31. The van der Waals surface area contributed by atoms with Crippen LogP contribution in [0.1, 0.15) is 58.4 Å². The van der Waals surface area contributed by atoms with E-state index in [0.29, 0.717) is 6.42 Å². The van der Waals surface area contributed by atoms with Gasteiger partial charge >= 0.3 is 0 Å². The molecule has 0 heterocycles. The van der Waals surface area contributed by atoms with E-state index in [1.807, 2.05) is 45.0 Å². The Labute approximate surface area is 141 Å². The standard InChI is InChI=1S/C13H16O.C9H12/c1-4-6-11-7-8-12(9-10(11)3)13(14)5-2;1-7-4-5-8(2)9(3)6-7/h4,6-9H,5H2,1-3H3;4-6H,1-3H3/b6-4-;. The van der Waals surface area contributed by atoms with Crippen molar-refractivity contribution >= 4 is 11.9 Å². The summed E-state index contributed by atoms with van der Waals surface area (Å²) in [6.07, 6.45) is 4.63. The Morgan fingerprint density at radius 3 is 2.09 bits per heavy atom. The zero-order valence-corrected chi connectivity index (χ0v) is 15.2. The van der Waals surface area contributed by atoms with Gasteiger partial charge in [0.25, 0.3) is 0 Å². The van der Waals surface area contributed by atoms with Crippen LogP contribution in [0.3, 0.4) is 0 Å². The molecule has 2 aromatic carbocycles. The Hall–Kier alpha value is -2.15. The summed E-state index contributed by atoms with van der Waals surface area (Å²) in [5.41, 5.74) is 7.26. The lowest BCUT2D eigenvalue weighted by atomic mass is 10.0. The average molecular weight is 308 g/mol. The van der Waals surface area contributed by atoms with Crippen molar-refractivity contribution in [2.75, 3.05) is 0 Å². The molecule has 122 valence electrons. The lowest BCUT2D eigenvalue weighted by molar-refractivity contribution is 0.0988. The predicted octanol–water partition coefficient (Wildman–Crippen LogP) is 6.23. The second kappa shape index (κ2) is 9.09. The highest BCUT2D eigenvalue weighted by Crippen LogP contribution is 2.14. The number of allylic oxidation sites excluding steroid dienone is 1. The maximum absolute atomic E-state index is 11.4. The first kappa shape index (κ1) is 18.9. The maximum atomic E-state index is 11.4. The van der Waals surface area contributed by atoms with Crippen LogP contribution >= 0.6 is 0 Å². The number of benzene rings is 2. The van der Waals surface area contributed by atoms with Crippen LogP contribution in [0.5, 0.6) is 0 Å². The summed E-state index contributed by atoms with van der Waals surface area (Å²) in [4.78, 5) is 11.4. The summed E-state index contributed by atoms with van der Waals surface area (Å²) in [6.45, 7) is 12.3. The van der Waals surface area contributed by atoms with Gasteiger partial charge in [-0.1, -0.05) is 55.0 Å². The molecule has 0 aromatic heterocycles. The van der Waals surface area contributed by atoms with Gasteiger partial charge in [-0.05, 0) is 62.9 Å². The van der Waals surface area contributed by atoms with Crippen LogP contribution in [0.4, 0.5) is 0 Å². The number of hydrogen-bond donors (Lipinski definition) is 0. The molecule has 0 amide bonds. The lowest BCUT2D eigenvalue weighted by Crippen LogP contribution is -1.97. The topological polar surface area (TPSA) is 17.1 Å². The van der Waals surface area contributed by atoms with Crippen molar-refractivity contribution in [1.29, 1.82) is 0 Å². The number of carbonyl (C=O) groups excluding carboxylic acids is 1.